The number of nitrogen functional groups attached to an aromatic ring is 1. The van der Waals surface area contributed by atoms with Crippen LogP contribution in [-0.4, -0.2) is 26.7 Å². The van der Waals surface area contributed by atoms with Crippen LogP contribution in [0, 0.1) is 0 Å². The third-order valence-electron chi connectivity index (χ3n) is 2.88. The summed E-state index contributed by atoms with van der Waals surface area (Å²) in [6.07, 6.45) is 0.622. The Bertz CT molecular complexity index is 461. The summed E-state index contributed by atoms with van der Waals surface area (Å²) in [5, 5.41) is 0.707. The molecule has 0 spiro atoms. The molecule has 0 aromatic carbocycles. The summed E-state index contributed by atoms with van der Waals surface area (Å²) in [5.74, 6) is 3.37. The summed E-state index contributed by atoms with van der Waals surface area (Å²) in [5.41, 5.74) is 6.35. The highest BCUT2D eigenvalue weighted by Crippen LogP contribution is 2.40. The van der Waals surface area contributed by atoms with Gasteiger partial charge < -0.3 is 10.7 Å². The van der Waals surface area contributed by atoms with E-state index in [1.807, 2.05) is 30.4 Å². The van der Waals surface area contributed by atoms with Gasteiger partial charge in [-0.25, -0.2) is 4.98 Å². The minimum Gasteiger partial charge on any atom is -0.383 e. The SMILES string of the molecule is CCc1c(N)nc(C2SCCSC2C)[nH]c1=O. The molecule has 2 unspecified atom stereocenters. The molecule has 6 heteroatoms. The number of hydrogen-bond acceptors (Lipinski definition) is 5. The summed E-state index contributed by atoms with van der Waals surface area (Å²) in [6, 6.07) is 0. The molecule has 0 radical (unpaired) electrons. The molecule has 94 valence electrons. The first-order valence-corrected chi connectivity index (χ1v) is 7.85. The zero-order valence-electron chi connectivity index (χ0n) is 10.0. The first-order chi connectivity index (χ1) is 8.13. The molecule has 1 aromatic rings. The predicted molar refractivity (Wildman–Crippen MR) is 75.8 cm³/mol. The van der Waals surface area contributed by atoms with Crippen LogP contribution in [-0.2, 0) is 6.42 Å². The fourth-order valence-electron chi connectivity index (χ4n) is 1.94. The van der Waals surface area contributed by atoms with Gasteiger partial charge in [-0.1, -0.05) is 13.8 Å². The summed E-state index contributed by atoms with van der Waals surface area (Å²) >= 11 is 3.77. The Morgan fingerprint density at radius 2 is 2.18 bits per heavy atom. The Morgan fingerprint density at radius 3 is 2.76 bits per heavy atom. The first kappa shape index (κ1) is 12.8. The lowest BCUT2D eigenvalue weighted by Crippen LogP contribution is -2.24. The van der Waals surface area contributed by atoms with Crippen molar-refractivity contribution in [2.24, 2.45) is 0 Å². The minimum atomic E-state index is -0.0848. The molecule has 2 rings (SSSR count). The van der Waals surface area contributed by atoms with Gasteiger partial charge in [-0.05, 0) is 6.42 Å². The number of nitrogens with zero attached hydrogens (tertiary/aromatic N) is 1. The second-order valence-electron chi connectivity index (χ2n) is 4.04. The number of hydrogen-bond donors (Lipinski definition) is 2. The van der Waals surface area contributed by atoms with Crippen LogP contribution >= 0.6 is 23.5 Å². The summed E-state index contributed by atoms with van der Waals surface area (Å²) in [4.78, 5) is 19.1. The third kappa shape index (κ3) is 2.63. The van der Waals surface area contributed by atoms with E-state index in [1.165, 1.54) is 0 Å². The van der Waals surface area contributed by atoms with E-state index in [9.17, 15) is 4.79 Å². The Hall–Kier alpha value is -0.620. The van der Waals surface area contributed by atoms with Crippen LogP contribution in [0.15, 0.2) is 4.79 Å². The van der Waals surface area contributed by atoms with Crippen molar-refractivity contribution in [1.82, 2.24) is 9.97 Å². The van der Waals surface area contributed by atoms with Crippen LogP contribution in [0.5, 0.6) is 0 Å². The number of rotatable bonds is 2. The lowest BCUT2D eigenvalue weighted by atomic mass is 10.2. The van der Waals surface area contributed by atoms with Gasteiger partial charge in [0.1, 0.15) is 11.6 Å². The summed E-state index contributed by atoms with van der Waals surface area (Å²) in [7, 11) is 0. The van der Waals surface area contributed by atoms with E-state index >= 15 is 0 Å². The van der Waals surface area contributed by atoms with Crippen LogP contribution in [0.25, 0.3) is 0 Å². The van der Waals surface area contributed by atoms with E-state index < -0.39 is 0 Å². The van der Waals surface area contributed by atoms with E-state index in [1.54, 1.807) is 0 Å². The molecule has 0 aliphatic carbocycles. The zero-order chi connectivity index (χ0) is 12.4. The highest BCUT2D eigenvalue weighted by molar-refractivity contribution is 8.06. The van der Waals surface area contributed by atoms with Gasteiger partial charge in [-0.15, -0.1) is 11.8 Å². The van der Waals surface area contributed by atoms with Gasteiger partial charge in [0.15, 0.2) is 0 Å². The first-order valence-electron chi connectivity index (χ1n) is 5.75. The van der Waals surface area contributed by atoms with Gasteiger partial charge in [0.2, 0.25) is 0 Å². The van der Waals surface area contributed by atoms with Crippen LogP contribution in [0.4, 0.5) is 5.82 Å². The minimum absolute atomic E-state index is 0.0848. The van der Waals surface area contributed by atoms with Crippen LogP contribution in [0.3, 0.4) is 0 Å². The monoisotopic (exact) mass is 271 g/mol. The number of aromatic nitrogens is 2. The molecule has 4 nitrogen and oxygen atoms in total. The largest absolute Gasteiger partial charge is 0.383 e. The van der Waals surface area contributed by atoms with Gasteiger partial charge in [-0.3, -0.25) is 4.79 Å². The highest BCUT2D eigenvalue weighted by Gasteiger charge is 2.26. The quantitative estimate of drug-likeness (QED) is 0.858. The number of H-pyrrole nitrogens is 1. The molecule has 0 amide bonds. The molecule has 2 atom stereocenters. The van der Waals surface area contributed by atoms with Gasteiger partial charge in [0.05, 0.1) is 10.8 Å². The Morgan fingerprint density at radius 1 is 1.47 bits per heavy atom. The van der Waals surface area contributed by atoms with Gasteiger partial charge in [0.25, 0.3) is 5.56 Å². The maximum Gasteiger partial charge on any atom is 0.256 e. The van der Waals surface area contributed by atoms with Gasteiger partial charge in [-0.2, -0.15) is 11.8 Å². The molecule has 17 heavy (non-hydrogen) atoms. The van der Waals surface area contributed by atoms with Crippen molar-refractivity contribution in [2.75, 3.05) is 17.2 Å². The van der Waals surface area contributed by atoms with E-state index in [4.69, 9.17) is 5.73 Å². The van der Waals surface area contributed by atoms with Crippen LogP contribution < -0.4 is 11.3 Å². The van der Waals surface area contributed by atoms with Crippen molar-refractivity contribution in [3.63, 3.8) is 0 Å². The Labute approximate surface area is 109 Å². The second kappa shape index (κ2) is 5.35. The Balaban J connectivity index is 2.36. The third-order valence-corrected chi connectivity index (χ3v) is 5.98. The van der Waals surface area contributed by atoms with Crippen LogP contribution in [0.1, 0.15) is 30.5 Å². The van der Waals surface area contributed by atoms with Crippen molar-refractivity contribution in [1.29, 1.82) is 0 Å². The smallest absolute Gasteiger partial charge is 0.256 e. The molecule has 3 N–H and O–H groups in total. The number of aromatic amines is 1. The fraction of sp³-hybridized carbons (Fsp3) is 0.636. The molecule has 1 aromatic heterocycles. The molecule has 0 saturated carbocycles. The average molecular weight is 271 g/mol. The summed E-state index contributed by atoms with van der Waals surface area (Å²) in [6.45, 7) is 4.08. The van der Waals surface area contributed by atoms with Crippen molar-refractivity contribution in [3.05, 3.63) is 21.7 Å². The number of nitrogens with two attached hydrogens (primary N) is 1. The van der Waals surface area contributed by atoms with Crippen molar-refractivity contribution >= 4 is 29.3 Å². The van der Waals surface area contributed by atoms with Gasteiger partial charge >= 0.3 is 0 Å². The van der Waals surface area contributed by atoms with Crippen molar-refractivity contribution in [2.45, 2.75) is 30.8 Å². The lowest BCUT2D eigenvalue weighted by molar-refractivity contribution is 0.808. The van der Waals surface area contributed by atoms with E-state index in [2.05, 4.69) is 16.9 Å². The normalized spacial score (nSPS) is 24.8. The van der Waals surface area contributed by atoms with E-state index in [0.29, 0.717) is 23.1 Å². The standard InChI is InChI=1S/C11H17N3OS2/c1-3-7-9(12)13-10(14-11(7)15)8-6(2)16-4-5-17-8/h6,8H,3-5H2,1-2H3,(H3,12,13,14,15). The van der Waals surface area contributed by atoms with Crippen molar-refractivity contribution < 1.29 is 0 Å². The van der Waals surface area contributed by atoms with E-state index in [0.717, 1.165) is 17.3 Å². The molecule has 1 saturated heterocycles. The molecular formula is C11H17N3OS2. The second-order valence-corrected chi connectivity index (χ2v) is 6.77. The lowest BCUT2D eigenvalue weighted by Gasteiger charge is -2.27. The number of anilines is 1. The molecule has 1 fully saturated rings. The maximum absolute atomic E-state index is 11.8. The van der Waals surface area contributed by atoms with Crippen LogP contribution in [0.2, 0.25) is 0 Å². The average Bonchev–Trinajstić information content (AvgIpc) is 2.29. The molecule has 2 heterocycles. The fourth-order valence-corrected chi connectivity index (χ4v) is 4.65. The Kier molecular flexibility index (Phi) is 4.04. The topological polar surface area (TPSA) is 71.8 Å². The molecule has 1 aliphatic rings. The molecule has 0 bridgehead atoms. The number of thioether (sulfide) groups is 2. The number of nitrogens with one attached hydrogen (secondary N) is 1. The molecule has 1 aliphatic heterocycles. The van der Waals surface area contributed by atoms with E-state index in [-0.39, 0.29) is 10.8 Å². The maximum atomic E-state index is 11.8. The van der Waals surface area contributed by atoms with Gasteiger partial charge in [0, 0.05) is 16.8 Å². The predicted octanol–water partition coefficient (Wildman–Crippen LogP) is 1.82. The molecular weight excluding hydrogens is 254 g/mol. The summed E-state index contributed by atoms with van der Waals surface area (Å²) < 4.78 is 0. The zero-order valence-corrected chi connectivity index (χ0v) is 11.7. The van der Waals surface area contributed by atoms with Crippen molar-refractivity contribution in [3.8, 4) is 0 Å². The highest BCUT2D eigenvalue weighted by atomic mass is 32.2.